The number of rotatable bonds is 3. The highest BCUT2D eigenvalue weighted by Gasteiger charge is 2.40. The molecule has 6 rings (SSSR count). The zero-order valence-electron chi connectivity index (χ0n) is 17.8. The van der Waals surface area contributed by atoms with Gasteiger partial charge in [-0.05, 0) is 43.5 Å². The van der Waals surface area contributed by atoms with Crippen LogP contribution in [0.5, 0.6) is 0 Å². The van der Waals surface area contributed by atoms with Crippen LogP contribution in [-0.4, -0.2) is 53.2 Å². The van der Waals surface area contributed by atoms with Crippen LogP contribution >= 0.6 is 0 Å². The van der Waals surface area contributed by atoms with E-state index in [1.54, 1.807) is 23.5 Å². The molecular weight excluding hydrogens is 402 g/mol. The lowest BCUT2D eigenvalue weighted by molar-refractivity contribution is 0.254. The van der Waals surface area contributed by atoms with Gasteiger partial charge in [0, 0.05) is 49.8 Å². The first kappa shape index (κ1) is 19.0. The van der Waals surface area contributed by atoms with Gasteiger partial charge in [0.05, 0.1) is 23.6 Å². The molecule has 1 atom stereocenters. The third-order valence-electron chi connectivity index (χ3n) is 6.58. The fourth-order valence-electron chi connectivity index (χ4n) is 5.00. The van der Waals surface area contributed by atoms with Crippen LogP contribution in [0.1, 0.15) is 19.3 Å². The zero-order valence-corrected chi connectivity index (χ0v) is 17.8. The topological polar surface area (TPSA) is 77.5 Å². The van der Waals surface area contributed by atoms with Crippen molar-refractivity contribution in [3.05, 3.63) is 55.0 Å². The van der Waals surface area contributed by atoms with Crippen LogP contribution in [0.3, 0.4) is 0 Å². The van der Waals surface area contributed by atoms with Gasteiger partial charge in [0.25, 0.3) is 0 Å². The van der Waals surface area contributed by atoms with Gasteiger partial charge in [-0.2, -0.15) is 0 Å². The molecule has 0 unspecified atom stereocenters. The molecule has 2 amide bonds. The number of hydrogen-bond acceptors (Lipinski definition) is 6. The third-order valence-corrected chi connectivity index (χ3v) is 6.58. The highest BCUT2D eigenvalue weighted by molar-refractivity contribution is 6.04. The van der Waals surface area contributed by atoms with Gasteiger partial charge in [0.15, 0.2) is 11.6 Å². The second-order valence-electron chi connectivity index (χ2n) is 8.56. The van der Waals surface area contributed by atoms with Crippen molar-refractivity contribution in [3.8, 4) is 11.3 Å². The number of amides is 2. The molecule has 3 aliphatic rings. The van der Waals surface area contributed by atoms with E-state index in [2.05, 4.69) is 61.5 Å². The number of nitrogens with one attached hydrogen (secondary N) is 1. The molecule has 2 saturated heterocycles. The fourth-order valence-corrected chi connectivity index (χ4v) is 5.00. The van der Waals surface area contributed by atoms with Crippen molar-refractivity contribution in [2.45, 2.75) is 25.3 Å². The Labute approximate surface area is 186 Å². The number of benzene rings is 1. The van der Waals surface area contributed by atoms with E-state index in [0.29, 0.717) is 11.6 Å². The van der Waals surface area contributed by atoms with Gasteiger partial charge >= 0.3 is 6.03 Å². The summed E-state index contributed by atoms with van der Waals surface area (Å²) in [6.45, 7) is 3.96. The van der Waals surface area contributed by atoms with Crippen LogP contribution < -0.4 is 20.0 Å². The molecule has 2 fully saturated rings. The van der Waals surface area contributed by atoms with Gasteiger partial charge in [-0.3, -0.25) is 15.2 Å². The average Bonchev–Trinajstić information content (AvgIpc) is 3.51. The summed E-state index contributed by atoms with van der Waals surface area (Å²) >= 11 is 0. The predicted molar refractivity (Wildman–Crippen MR) is 125 cm³/mol. The number of urea groups is 1. The van der Waals surface area contributed by atoms with Crippen molar-refractivity contribution in [2.75, 3.05) is 46.2 Å². The third kappa shape index (κ3) is 3.32. The second kappa shape index (κ2) is 7.78. The van der Waals surface area contributed by atoms with Gasteiger partial charge in [0.2, 0.25) is 0 Å². The molecule has 1 aromatic carbocycles. The first-order valence-electron chi connectivity index (χ1n) is 11.2. The summed E-state index contributed by atoms with van der Waals surface area (Å²) in [4.78, 5) is 33.1. The Morgan fingerprint density at radius 1 is 1.03 bits per heavy atom. The fraction of sp³-hybridized carbons (Fsp3) is 0.333. The summed E-state index contributed by atoms with van der Waals surface area (Å²) in [7, 11) is 0. The first-order chi connectivity index (χ1) is 15.8. The van der Waals surface area contributed by atoms with E-state index >= 15 is 0 Å². The van der Waals surface area contributed by atoms with Gasteiger partial charge < -0.3 is 9.80 Å². The smallest absolute Gasteiger partial charge is 0.329 e. The summed E-state index contributed by atoms with van der Waals surface area (Å²) in [6.07, 6.45) is 8.12. The molecule has 0 aliphatic carbocycles. The van der Waals surface area contributed by atoms with Gasteiger partial charge in [0.1, 0.15) is 0 Å². The molecule has 162 valence electrons. The SMILES string of the molecule is O=C(Nc1cnccn1)N1c2nc(-c3cccc(N4CCCC4)c3)ccc2N2CC[C@H]1C2. The van der Waals surface area contributed by atoms with E-state index < -0.39 is 0 Å². The minimum atomic E-state index is -0.214. The Hall–Kier alpha value is -3.68. The van der Waals surface area contributed by atoms with Crippen LogP contribution in [0.25, 0.3) is 11.3 Å². The van der Waals surface area contributed by atoms with E-state index in [9.17, 15) is 4.79 Å². The Morgan fingerprint density at radius 2 is 1.94 bits per heavy atom. The average molecular weight is 428 g/mol. The van der Waals surface area contributed by atoms with Crippen molar-refractivity contribution in [1.29, 1.82) is 0 Å². The quantitative estimate of drug-likeness (QED) is 0.686. The van der Waals surface area contributed by atoms with Gasteiger partial charge in [-0.1, -0.05) is 12.1 Å². The Morgan fingerprint density at radius 3 is 2.78 bits per heavy atom. The number of pyridine rings is 1. The number of anilines is 4. The van der Waals surface area contributed by atoms with E-state index in [0.717, 1.165) is 49.5 Å². The Balaban J connectivity index is 1.36. The molecule has 2 aromatic heterocycles. The number of aromatic nitrogens is 3. The molecule has 0 saturated carbocycles. The summed E-state index contributed by atoms with van der Waals surface area (Å²) < 4.78 is 0. The lowest BCUT2D eigenvalue weighted by Gasteiger charge is -2.35. The molecule has 3 aromatic rings. The van der Waals surface area contributed by atoms with E-state index in [-0.39, 0.29) is 12.1 Å². The molecule has 0 spiro atoms. The number of carbonyl (C=O) groups is 1. The van der Waals surface area contributed by atoms with Crippen LogP contribution in [0.2, 0.25) is 0 Å². The lowest BCUT2D eigenvalue weighted by atomic mass is 10.1. The van der Waals surface area contributed by atoms with Crippen LogP contribution in [0.15, 0.2) is 55.0 Å². The van der Waals surface area contributed by atoms with Crippen molar-refractivity contribution >= 4 is 29.0 Å². The number of carbonyl (C=O) groups excluding carboxylic acids is 1. The van der Waals surface area contributed by atoms with Crippen LogP contribution in [-0.2, 0) is 0 Å². The normalized spacial score (nSPS) is 19.2. The van der Waals surface area contributed by atoms with Gasteiger partial charge in [-0.25, -0.2) is 14.8 Å². The lowest BCUT2D eigenvalue weighted by Crippen LogP contribution is -2.48. The molecule has 2 bridgehead atoms. The number of nitrogens with zero attached hydrogens (tertiary/aromatic N) is 6. The summed E-state index contributed by atoms with van der Waals surface area (Å²) in [6, 6.07) is 12.6. The van der Waals surface area contributed by atoms with E-state index in [1.807, 2.05) is 0 Å². The molecule has 8 nitrogen and oxygen atoms in total. The second-order valence-corrected chi connectivity index (χ2v) is 8.56. The molecule has 8 heteroatoms. The summed E-state index contributed by atoms with van der Waals surface area (Å²) in [5, 5.41) is 2.89. The number of hydrogen-bond donors (Lipinski definition) is 1. The maximum atomic E-state index is 13.3. The molecular formula is C24H25N7O. The minimum Gasteiger partial charge on any atom is -0.372 e. The standard InChI is InChI=1S/C24H25N7O/c32-24(28-22-15-25-9-10-26-22)31-19-8-13-30(16-19)21-7-6-20(27-23(21)31)17-4-3-5-18(14-17)29-11-1-2-12-29/h3-7,9-10,14-15,19H,1-2,8,11-13,16H2,(H,26,28,32)/t19-/m0/s1. The number of fused-ring (bicyclic) bond motifs is 4. The molecule has 32 heavy (non-hydrogen) atoms. The molecule has 1 N–H and O–H groups in total. The van der Waals surface area contributed by atoms with E-state index in [1.165, 1.54) is 18.5 Å². The summed E-state index contributed by atoms with van der Waals surface area (Å²) in [5.41, 5.74) is 4.19. The van der Waals surface area contributed by atoms with Crippen molar-refractivity contribution in [1.82, 2.24) is 15.0 Å². The maximum absolute atomic E-state index is 13.3. The Kier molecular flexibility index (Phi) is 4.63. The predicted octanol–water partition coefficient (Wildman–Crippen LogP) is 3.77. The van der Waals surface area contributed by atoms with Crippen LogP contribution in [0, 0.1) is 0 Å². The summed E-state index contributed by atoms with van der Waals surface area (Å²) in [5.74, 6) is 1.15. The molecule has 5 heterocycles. The maximum Gasteiger partial charge on any atom is 0.329 e. The first-order valence-corrected chi connectivity index (χ1v) is 11.2. The van der Waals surface area contributed by atoms with Crippen molar-refractivity contribution < 1.29 is 4.79 Å². The molecule has 0 radical (unpaired) electrons. The molecule has 3 aliphatic heterocycles. The van der Waals surface area contributed by atoms with Crippen molar-refractivity contribution in [2.24, 2.45) is 0 Å². The zero-order chi connectivity index (χ0) is 21.5. The largest absolute Gasteiger partial charge is 0.372 e. The highest BCUT2D eigenvalue weighted by atomic mass is 16.2. The highest BCUT2D eigenvalue weighted by Crippen LogP contribution is 2.40. The van der Waals surface area contributed by atoms with Crippen LogP contribution in [0.4, 0.5) is 27.8 Å². The Bertz CT molecular complexity index is 1150. The van der Waals surface area contributed by atoms with E-state index in [4.69, 9.17) is 4.98 Å². The minimum absolute atomic E-state index is 0.0952. The monoisotopic (exact) mass is 427 g/mol. The van der Waals surface area contributed by atoms with Crippen molar-refractivity contribution in [3.63, 3.8) is 0 Å². The van der Waals surface area contributed by atoms with Gasteiger partial charge in [-0.15, -0.1) is 0 Å².